The van der Waals surface area contributed by atoms with Gasteiger partial charge in [0.05, 0.1) is 6.61 Å². The zero-order chi connectivity index (χ0) is 14.4. The maximum absolute atomic E-state index is 13.0. The van der Waals surface area contributed by atoms with E-state index in [9.17, 15) is 9.18 Å². The van der Waals surface area contributed by atoms with Gasteiger partial charge in [-0.15, -0.1) is 0 Å². The van der Waals surface area contributed by atoms with Crippen molar-refractivity contribution in [3.63, 3.8) is 0 Å². The number of amides is 1. The lowest BCUT2D eigenvalue weighted by molar-refractivity contribution is -0.118. The molecular weight excluding hydrogens is 261 g/mol. The third-order valence-electron chi connectivity index (χ3n) is 2.61. The van der Waals surface area contributed by atoms with Crippen LogP contribution in [0.25, 0.3) is 0 Å². The summed E-state index contributed by atoms with van der Waals surface area (Å²) in [5.74, 6) is -0.503. The highest BCUT2D eigenvalue weighted by Gasteiger charge is 2.08. The van der Waals surface area contributed by atoms with Crippen LogP contribution in [0.2, 0.25) is 0 Å². The van der Waals surface area contributed by atoms with Crippen molar-refractivity contribution in [2.24, 2.45) is 0 Å². The van der Waals surface area contributed by atoms with Gasteiger partial charge in [-0.25, -0.2) is 4.39 Å². The second-order valence-corrected chi connectivity index (χ2v) is 4.11. The van der Waals surface area contributed by atoms with E-state index < -0.39 is 5.82 Å². The fourth-order valence-corrected chi connectivity index (χ4v) is 1.67. The van der Waals surface area contributed by atoms with Gasteiger partial charge in [-0.2, -0.15) is 0 Å². The fourth-order valence-electron chi connectivity index (χ4n) is 1.67. The Labute approximate surface area is 115 Å². The number of para-hydroxylation sites is 1. The normalized spacial score (nSPS) is 10.1. The first kappa shape index (κ1) is 14.0. The third-order valence-corrected chi connectivity index (χ3v) is 2.61. The molecule has 4 nitrogen and oxygen atoms in total. The van der Waals surface area contributed by atoms with E-state index in [0.717, 1.165) is 0 Å². The molecule has 0 saturated carbocycles. The number of aliphatic hydroxyl groups excluding tert-OH is 1. The molecule has 0 fully saturated rings. The quantitative estimate of drug-likeness (QED) is 0.880. The number of hydrogen-bond donors (Lipinski definition) is 2. The lowest BCUT2D eigenvalue weighted by Gasteiger charge is -2.10. The number of carbonyl (C=O) groups is 1. The number of nitrogens with one attached hydrogen (secondary N) is 1. The molecule has 0 unspecified atom stereocenters. The van der Waals surface area contributed by atoms with E-state index in [1.54, 1.807) is 24.3 Å². The average Bonchev–Trinajstić information content (AvgIpc) is 2.47. The van der Waals surface area contributed by atoms with Gasteiger partial charge in [0.2, 0.25) is 0 Å². The zero-order valence-corrected chi connectivity index (χ0v) is 10.7. The Morgan fingerprint density at radius 3 is 2.65 bits per heavy atom. The summed E-state index contributed by atoms with van der Waals surface area (Å²) in [4.78, 5) is 11.7. The van der Waals surface area contributed by atoms with Gasteiger partial charge in [0.15, 0.2) is 6.61 Å². The van der Waals surface area contributed by atoms with Gasteiger partial charge < -0.3 is 15.2 Å². The van der Waals surface area contributed by atoms with E-state index in [1.165, 1.54) is 18.2 Å². The van der Waals surface area contributed by atoms with Gasteiger partial charge in [-0.1, -0.05) is 18.2 Å². The van der Waals surface area contributed by atoms with Gasteiger partial charge in [-0.3, -0.25) is 4.79 Å². The number of benzene rings is 2. The molecule has 1 amide bonds. The largest absolute Gasteiger partial charge is 0.483 e. The minimum atomic E-state index is -0.463. The minimum Gasteiger partial charge on any atom is -0.483 e. The van der Waals surface area contributed by atoms with Crippen molar-refractivity contribution >= 4 is 11.6 Å². The standard InChI is InChI=1S/C15H14FNO3/c16-12-6-7-14(11(8-12)9-18)20-10-15(19)17-13-4-2-1-3-5-13/h1-8,18H,9-10H2,(H,17,19). The van der Waals surface area contributed by atoms with Crippen molar-refractivity contribution in [1.29, 1.82) is 0 Å². The van der Waals surface area contributed by atoms with Crippen LogP contribution in [-0.4, -0.2) is 17.6 Å². The summed E-state index contributed by atoms with van der Waals surface area (Å²) in [5.41, 5.74) is 0.972. The van der Waals surface area contributed by atoms with Crippen LogP contribution < -0.4 is 10.1 Å². The Bertz CT molecular complexity index is 587. The predicted molar refractivity (Wildman–Crippen MR) is 72.9 cm³/mol. The molecule has 2 rings (SSSR count). The average molecular weight is 275 g/mol. The molecule has 0 aliphatic carbocycles. The number of aliphatic hydroxyl groups is 1. The van der Waals surface area contributed by atoms with E-state index in [1.807, 2.05) is 6.07 Å². The summed E-state index contributed by atoms with van der Waals surface area (Å²) in [6, 6.07) is 12.7. The number of anilines is 1. The van der Waals surface area contributed by atoms with E-state index in [2.05, 4.69) is 5.32 Å². The monoisotopic (exact) mass is 275 g/mol. The second-order valence-electron chi connectivity index (χ2n) is 4.11. The zero-order valence-electron chi connectivity index (χ0n) is 10.7. The van der Waals surface area contributed by atoms with Crippen LogP contribution in [-0.2, 0) is 11.4 Å². The van der Waals surface area contributed by atoms with Crippen LogP contribution >= 0.6 is 0 Å². The highest BCUT2D eigenvalue weighted by Crippen LogP contribution is 2.19. The highest BCUT2D eigenvalue weighted by molar-refractivity contribution is 5.91. The predicted octanol–water partition coefficient (Wildman–Crippen LogP) is 2.34. The van der Waals surface area contributed by atoms with Gasteiger partial charge >= 0.3 is 0 Å². The van der Waals surface area contributed by atoms with Crippen molar-refractivity contribution in [1.82, 2.24) is 0 Å². The lowest BCUT2D eigenvalue weighted by atomic mass is 10.2. The molecular formula is C15H14FNO3. The first-order valence-corrected chi connectivity index (χ1v) is 6.06. The Hall–Kier alpha value is -2.40. The van der Waals surface area contributed by atoms with Crippen molar-refractivity contribution in [3.8, 4) is 5.75 Å². The second kappa shape index (κ2) is 6.68. The molecule has 0 radical (unpaired) electrons. The number of halogens is 1. The molecule has 0 aliphatic heterocycles. The molecule has 104 valence electrons. The summed E-state index contributed by atoms with van der Waals surface area (Å²) in [6.45, 7) is -0.569. The molecule has 0 aromatic heterocycles. The van der Waals surface area contributed by atoms with E-state index in [0.29, 0.717) is 11.3 Å². The number of hydrogen-bond acceptors (Lipinski definition) is 3. The van der Waals surface area contributed by atoms with Crippen molar-refractivity contribution < 1.29 is 19.0 Å². The van der Waals surface area contributed by atoms with Crippen LogP contribution in [0, 0.1) is 5.82 Å². The number of rotatable bonds is 5. The Morgan fingerprint density at radius 2 is 1.95 bits per heavy atom. The SMILES string of the molecule is O=C(COc1ccc(F)cc1CO)Nc1ccccc1. The molecule has 0 aliphatic rings. The smallest absolute Gasteiger partial charge is 0.262 e. The Morgan fingerprint density at radius 1 is 1.20 bits per heavy atom. The molecule has 2 aromatic rings. The van der Waals surface area contributed by atoms with Crippen molar-refractivity contribution in [2.75, 3.05) is 11.9 Å². The lowest BCUT2D eigenvalue weighted by Crippen LogP contribution is -2.20. The molecule has 0 heterocycles. The molecule has 2 N–H and O–H groups in total. The molecule has 0 spiro atoms. The minimum absolute atomic E-state index is 0.215. The van der Waals surface area contributed by atoms with Crippen LogP contribution in [0.4, 0.5) is 10.1 Å². The number of ether oxygens (including phenoxy) is 1. The summed E-state index contributed by atoms with van der Waals surface area (Å²) in [6.07, 6.45) is 0. The van der Waals surface area contributed by atoms with E-state index in [4.69, 9.17) is 9.84 Å². The molecule has 2 aromatic carbocycles. The van der Waals surface area contributed by atoms with Crippen LogP contribution in [0.15, 0.2) is 48.5 Å². The topological polar surface area (TPSA) is 58.6 Å². The third kappa shape index (κ3) is 3.80. The molecule has 5 heteroatoms. The summed E-state index contributed by atoms with van der Waals surface area (Å²) >= 11 is 0. The van der Waals surface area contributed by atoms with Crippen molar-refractivity contribution in [3.05, 3.63) is 59.9 Å². The van der Waals surface area contributed by atoms with E-state index >= 15 is 0 Å². The van der Waals surface area contributed by atoms with Gasteiger partial charge in [-0.05, 0) is 30.3 Å². The first-order chi connectivity index (χ1) is 9.69. The fraction of sp³-hybridized carbons (Fsp3) is 0.133. The summed E-state index contributed by atoms with van der Waals surface area (Å²) in [5, 5.41) is 11.8. The van der Waals surface area contributed by atoms with Gasteiger partial charge in [0.1, 0.15) is 11.6 Å². The Kier molecular flexibility index (Phi) is 4.68. The highest BCUT2D eigenvalue weighted by atomic mass is 19.1. The van der Waals surface area contributed by atoms with Gasteiger partial charge in [0.25, 0.3) is 5.91 Å². The number of carbonyl (C=O) groups excluding carboxylic acids is 1. The van der Waals surface area contributed by atoms with Gasteiger partial charge in [0, 0.05) is 11.3 Å². The van der Waals surface area contributed by atoms with Crippen LogP contribution in [0.3, 0.4) is 0 Å². The van der Waals surface area contributed by atoms with Crippen molar-refractivity contribution in [2.45, 2.75) is 6.61 Å². The maximum atomic E-state index is 13.0. The summed E-state index contributed by atoms with van der Waals surface area (Å²) in [7, 11) is 0. The van der Waals surface area contributed by atoms with Crippen LogP contribution in [0.1, 0.15) is 5.56 Å². The molecule has 20 heavy (non-hydrogen) atoms. The molecule has 0 atom stereocenters. The van der Waals surface area contributed by atoms with Crippen LogP contribution in [0.5, 0.6) is 5.75 Å². The maximum Gasteiger partial charge on any atom is 0.262 e. The molecule has 0 saturated heterocycles. The molecule has 0 bridgehead atoms. The summed E-state index contributed by atoms with van der Waals surface area (Å²) < 4.78 is 18.3. The first-order valence-electron chi connectivity index (χ1n) is 6.06. The van der Waals surface area contributed by atoms with E-state index in [-0.39, 0.29) is 24.9 Å². The Balaban J connectivity index is 1.93.